The topological polar surface area (TPSA) is 25.8 Å². The van der Waals surface area contributed by atoms with Crippen LogP contribution in [0.5, 0.6) is 0 Å². The van der Waals surface area contributed by atoms with E-state index in [1.807, 2.05) is 6.92 Å². The van der Waals surface area contributed by atoms with Crippen molar-refractivity contribution in [2.24, 2.45) is 5.92 Å². The number of aromatic nitrogens is 2. The molecule has 0 aliphatic rings. The number of nitrogens with zero attached hydrogens (tertiary/aromatic N) is 2. The Balaban J connectivity index is 2.60. The predicted molar refractivity (Wildman–Crippen MR) is 75.0 cm³/mol. The third kappa shape index (κ3) is 2.45. The van der Waals surface area contributed by atoms with Crippen molar-refractivity contribution < 1.29 is 0 Å². The van der Waals surface area contributed by atoms with Crippen molar-refractivity contribution in [2.75, 3.05) is 0 Å². The molecule has 17 heavy (non-hydrogen) atoms. The standard InChI is InChI=1S/C13H17ClN2S/c1-7(2)11(9(4)14)12-10-5-8(3)17-13(10)16-6-15-12/h5-7,9,11H,1-4H3. The van der Waals surface area contributed by atoms with Gasteiger partial charge in [0.1, 0.15) is 11.2 Å². The maximum Gasteiger partial charge on any atom is 0.127 e. The maximum absolute atomic E-state index is 6.32. The lowest BCUT2D eigenvalue weighted by atomic mass is 9.88. The first-order valence-electron chi connectivity index (χ1n) is 5.85. The molecule has 0 radical (unpaired) electrons. The Kier molecular flexibility index (Phi) is 3.69. The number of hydrogen-bond acceptors (Lipinski definition) is 3. The highest BCUT2D eigenvalue weighted by molar-refractivity contribution is 7.18. The molecule has 2 aromatic rings. The van der Waals surface area contributed by atoms with Gasteiger partial charge in [-0.1, -0.05) is 13.8 Å². The number of aryl methyl sites for hydroxylation is 1. The zero-order valence-corrected chi connectivity index (χ0v) is 12.1. The van der Waals surface area contributed by atoms with Gasteiger partial charge < -0.3 is 0 Å². The summed E-state index contributed by atoms with van der Waals surface area (Å²) >= 11 is 8.04. The Bertz CT molecular complexity index is 511. The van der Waals surface area contributed by atoms with Crippen LogP contribution in [0, 0.1) is 12.8 Å². The highest BCUT2D eigenvalue weighted by Gasteiger charge is 2.25. The van der Waals surface area contributed by atoms with Crippen LogP contribution in [0.25, 0.3) is 10.2 Å². The van der Waals surface area contributed by atoms with Gasteiger partial charge in [-0.05, 0) is 25.8 Å². The molecule has 0 saturated heterocycles. The molecular formula is C13H17ClN2S. The van der Waals surface area contributed by atoms with Crippen molar-refractivity contribution in [3.8, 4) is 0 Å². The fraction of sp³-hybridized carbons (Fsp3) is 0.538. The molecule has 0 aliphatic heterocycles. The largest absolute Gasteiger partial charge is 0.240 e. The zero-order valence-electron chi connectivity index (χ0n) is 10.6. The normalized spacial score (nSPS) is 15.4. The maximum atomic E-state index is 6.32. The molecule has 2 heterocycles. The van der Waals surface area contributed by atoms with E-state index in [0.717, 1.165) is 10.5 Å². The first-order chi connectivity index (χ1) is 8.00. The van der Waals surface area contributed by atoms with Gasteiger partial charge in [-0.2, -0.15) is 0 Å². The molecule has 4 heteroatoms. The summed E-state index contributed by atoms with van der Waals surface area (Å²) in [5.41, 5.74) is 1.09. The van der Waals surface area contributed by atoms with E-state index < -0.39 is 0 Å². The van der Waals surface area contributed by atoms with E-state index in [4.69, 9.17) is 11.6 Å². The molecule has 0 bridgehead atoms. The molecule has 0 aliphatic carbocycles. The van der Waals surface area contributed by atoms with Crippen LogP contribution in [0.15, 0.2) is 12.4 Å². The van der Waals surface area contributed by atoms with Crippen molar-refractivity contribution >= 4 is 33.2 Å². The monoisotopic (exact) mass is 268 g/mol. The summed E-state index contributed by atoms with van der Waals surface area (Å²) in [5, 5.41) is 1.24. The molecule has 0 aromatic carbocycles. The molecule has 0 fully saturated rings. The Labute approximate surface area is 111 Å². The van der Waals surface area contributed by atoms with E-state index in [2.05, 4.69) is 36.8 Å². The van der Waals surface area contributed by atoms with Crippen LogP contribution in [0.1, 0.15) is 37.3 Å². The van der Waals surface area contributed by atoms with Crippen LogP contribution in [0.3, 0.4) is 0 Å². The minimum absolute atomic E-state index is 0.0771. The molecular weight excluding hydrogens is 252 g/mol. The average Bonchev–Trinajstić information content (AvgIpc) is 2.58. The number of fused-ring (bicyclic) bond motifs is 1. The Morgan fingerprint density at radius 2 is 1.94 bits per heavy atom. The summed E-state index contributed by atoms with van der Waals surface area (Å²) in [4.78, 5) is 11.1. The van der Waals surface area contributed by atoms with Crippen LogP contribution in [0.4, 0.5) is 0 Å². The first kappa shape index (κ1) is 12.8. The number of hydrogen-bond donors (Lipinski definition) is 0. The van der Waals surface area contributed by atoms with Crippen molar-refractivity contribution in [3.05, 3.63) is 23.0 Å². The van der Waals surface area contributed by atoms with Crippen molar-refractivity contribution in [2.45, 2.75) is 39.0 Å². The van der Waals surface area contributed by atoms with Crippen molar-refractivity contribution in [3.63, 3.8) is 0 Å². The number of rotatable bonds is 3. The zero-order chi connectivity index (χ0) is 12.6. The summed E-state index contributed by atoms with van der Waals surface area (Å²) in [6, 6.07) is 2.17. The van der Waals surface area contributed by atoms with Gasteiger partial charge in [0, 0.05) is 21.6 Å². The van der Waals surface area contributed by atoms with Crippen LogP contribution in [-0.2, 0) is 0 Å². The lowest BCUT2D eigenvalue weighted by molar-refractivity contribution is 0.483. The number of thiophene rings is 1. The molecule has 2 rings (SSSR count). The lowest BCUT2D eigenvalue weighted by Crippen LogP contribution is -2.17. The third-order valence-corrected chi connectivity index (χ3v) is 4.24. The molecule has 0 spiro atoms. The average molecular weight is 269 g/mol. The van der Waals surface area contributed by atoms with Gasteiger partial charge in [0.25, 0.3) is 0 Å². The van der Waals surface area contributed by atoms with Gasteiger partial charge in [0.2, 0.25) is 0 Å². The van der Waals surface area contributed by atoms with Gasteiger partial charge >= 0.3 is 0 Å². The van der Waals surface area contributed by atoms with Gasteiger partial charge in [0.15, 0.2) is 0 Å². The third-order valence-electron chi connectivity index (χ3n) is 3.01. The predicted octanol–water partition coefficient (Wildman–Crippen LogP) is 4.37. The van der Waals surface area contributed by atoms with Crippen LogP contribution in [0.2, 0.25) is 0 Å². The Morgan fingerprint density at radius 1 is 1.24 bits per heavy atom. The molecule has 2 unspecified atom stereocenters. The summed E-state index contributed by atoms with van der Waals surface area (Å²) in [6.45, 7) is 8.53. The highest BCUT2D eigenvalue weighted by Crippen LogP contribution is 2.35. The highest BCUT2D eigenvalue weighted by atomic mass is 35.5. The first-order valence-corrected chi connectivity index (χ1v) is 7.11. The second kappa shape index (κ2) is 4.91. The molecule has 92 valence electrons. The molecule has 0 saturated carbocycles. The second-order valence-electron chi connectivity index (χ2n) is 4.78. The van der Waals surface area contributed by atoms with E-state index >= 15 is 0 Å². The van der Waals surface area contributed by atoms with E-state index in [-0.39, 0.29) is 11.3 Å². The number of alkyl halides is 1. The van der Waals surface area contributed by atoms with Gasteiger partial charge in [0.05, 0.1) is 5.69 Å². The van der Waals surface area contributed by atoms with Gasteiger partial charge in [-0.25, -0.2) is 9.97 Å². The van der Waals surface area contributed by atoms with Crippen LogP contribution >= 0.6 is 22.9 Å². The van der Waals surface area contributed by atoms with E-state index in [9.17, 15) is 0 Å². The summed E-state index contributed by atoms with van der Waals surface area (Å²) in [7, 11) is 0. The molecule has 0 amide bonds. The van der Waals surface area contributed by atoms with Crippen molar-refractivity contribution in [1.82, 2.24) is 9.97 Å². The summed E-state index contributed by atoms with van der Waals surface area (Å²) in [5.74, 6) is 0.747. The summed E-state index contributed by atoms with van der Waals surface area (Å²) in [6.07, 6.45) is 1.66. The quantitative estimate of drug-likeness (QED) is 0.773. The molecule has 2 nitrogen and oxygen atoms in total. The minimum Gasteiger partial charge on any atom is -0.240 e. The second-order valence-corrected chi connectivity index (χ2v) is 6.71. The van der Waals surface area contributed by atoms with Crippen LogP contribution < -0.4 is 0 Å². The summed E-state index contributed by atoms with van der Waals surface area (Å²) < 4.78 is 0. The van der Waals surface area contributed by atoms with E-state index in [1.165, 1.54) is 10.3 Å². The Hall–Kier alpha value is -0.670. The molecule has 2 atom stereocenters. The van der Waals surface area contributed by atoms with Gasteiger partial charge in [-0.3, -0.25) is 0 Å². The fourth-order valence-corrected chi connectivity index (χ4v) is 3.59. The van der Waals surface area contributed by atoms with Crippen molar-refractivity contribution in [1.29, 1.82) is 0 Å². The lowest BCUT2D eigenvalue weighted by Gasteiger charge is -2.23. The van der Waals surface area contributed by atoms with Crippen LogP contribution in [-0.4, -0.2) is 15.3 Å². The SMILES string of the molecule is Cc1cc2c(C(C(C)C)C(C)Cl)ncnc2s1. The van der Waals surface area contributed by atoms with E-state index in [1.54, 1.807) is 17.7 Å². The fourth-order valence-electron chi connectivity index (χ4n) is 2.32. The number of halogens is 1. The van der Waals surface area contributed by atoms with Gasteiger partial charge in [-0.15, -0.1) is 22.9 Å². The molecule has 2 aromatic heterocycles. The minimum atomic E-state index is 0.0771. The molecule has 0 N–H and O–H groups in total. The smallest absolute Gasteiger partial charge is 0.127 e. The van der Waals surface area contributed by atoms with E-state index in [0.29, 0.717) is 5.92 Å². The Morgan fingerprint density at radius 3 is 2.53 bits per heavy atom.